The van der Waals surface area contributed by atoms with Crippen LogP contribution in [0.25, 0.3) is 11.3 Å². The molecule has 0 atom stereocenters. The lowest BCUT2D eigenvalue weighted by Crippen LogP contribution is -2.23. The zero-order chi connectivity index (χ0) is 17.6. The summed E-state index contributed by atoms with van der Waals surface area (Å²) >= 11 is 3.46. The van der Waals surface area contributed by atoms with E-state index in [-0.39, 0.29) is 11.7 Å². The second-order valence-electron chi connectivity index (χ2n) is 5.56. The van der Waals surface area contributed by atoms with Crippen LogP contribution in [0.4, 0.5) is 4.39 Å². The highest BCUT2D eigenvalue weighted by atomic mass is 79.9. The number of hydrogen-bond donors (Lipinski definition) is 1. The van der Waals surface area contributed by atoms with Gasteiger partial charge in [0.2, 0.25) is 5.91 Å². The third kappa shape index (κ3) is 4.54. The zero-order valence-corrected chi connectivity index (χ0v) is 14.9. The van der Waals surface area contributed by atoms with Crippen LogP contribution < -0.4 is 5.32 Å². The molecule has 2 aromatic carbocycles. The third-order valence-corrected chi connectivity index (χ3v) is 4.59. The first kappa shape index (κ1) is 17.4. The van der Waals surface area contributed by atoms with Gasteiger partial charge in [0.15, 0.2) is 0 Å². The summed E-state index contributed by atoms with van der Waals surface area (Å²) in [6.07, 6.45) is 2.34. The van der Waals surface area contributed by atoms with Crippen molar-refractivity contribution >= 4 is 21.8 Å². The number of aromatic nitrogens is 1. The minimum Gasteiger partial charge on any atom is -0.364 e. The van der Waals surface area contributed by atoms with E-state index < -0.39 is 0 Å². The highest BCUT2D eigenvalue weighted by molar-refractivity contribution is 9.10. The molecule has 1 heterocycles. The van der Waals surface area contributed by atoms with Gasteiger partial charge in [-0.05, 0) is 42.3 Å². The van der Waals surface area contributed by atoms with Crippen LogP contribution in [0.3, 0.4) is 0 Å². The van der Waals surface area contributed by atoms with Gasteiger partial charge in [-0.3, -0.25) is 4.79 Å². The van der Waals surface area contributed by atoms with Crippen molar-refractivity contribution < 1.29 is 13.7 Å². The summed E-state index contributed by atoms with van der Waals surface area (Å²) in [6, 6.07) is 13.8. The molecule has 3 aromatic rings. The Kier molecular flexibility index (Phi) is 5.60. The smallest absolute Gasteiger partial charge is 0.220 e. The van der Waals surface area contributed by atoms with Crippen LogP contribution >= 0.6 is 15.9 Å². The van der Waals surface area contributed by atoms with Gasteiger partial charge in [-0.1, -0.05) is 39.3 Å². The van der Waals surface area contributed by atoms with E-state index in [0.717, 1.165) is 21.2 Å². The lowest BCUT2D eigenvalue weighted by Gasteiger charge is -2.07. The number of aryl methyl sites for hydroxylation is 1. The molecule has 1 N–H and O–H groups in total. The molecular weight excluding hydrogens is 387 g/mol. The number of benzene rings is 2. The summed E-state index contributed by atoms with van der Waals surface area (Å²) in [4.78, 5) is 12.1. The maximum Gasteiger partial charge on any atom is 0.220 e. The Morgan fingerprint density at radius 3 is 2.64 bits per heavy atom. The predicted molar refractivity (Wildman–Crippen MR) is 96.2 cm³/mol. The van der Waals surface area contributed by atoms with E-state index in [1.54, 1.807) is 12.1 Å². The van der Waals surface area contributed by atoms with Crippen molar-refractivity contribution in [3.05, 3.63) is 76.2 Å². The first-order valence-electron chi connectivity index (χ1n) is 7.83. The molecule has 6 heteroatoms. The topological polar surface area (TPSA) is 55.1 Å². The van der Waals surface area contributed by atoms with Crippen molar-refractivity contribution in [1.82, 2.24) is 10.5 Å². The van der Waals surface area contributed by atoms with Crippen molar-refractivity contribution in [2.24, 2.45) is 0 Å². The summed E-state index contributed by atoms with van der Waals surface area (Å²) in [5.74, 6) is -0.359. The molecule has 0 aliphatic rings. The molecule has 25 heavy (non-hydrogen) atoms. The molecule has 128 valence electrons. The van der Waals surface area contributed by atoms with E-state index in [9.17, 15) is 9.18 Å². The van der Waals surface area contributed by atoms with E-state index in [2.05, 4.69) is 26.4 Å². The molecule has 0 saturated carbocycles. The molecule has 1 amide bonds. The summed E-state index contributed by atoms with van der Waals surface area (Å²) in [5, 5.41) is 6.86. The van der Waals surface area contributed by atoms with E-state index in [1.165, 1.54) is 18.4 Å². The number of nitrogens with zero attached hydrogens (tertiary/aromatic N) is 1. The Hall–Kier alpha value is -2.47. The van der Waals surface area contributed by atoms with E-state index >= 15 is 0 Å². The van der Waals surface area contributed by atoms with Gasteiger partial charge in [-0.25, -0.2) is 4.39 Å². The molecular formula is C19H16BrFN2O2. The number of halogens is 2. The Bertz CT molecular complexity index is 862. The monoisotopic (exact) mass is 402 g/mol. The minimum atomic E-state index is -0.305. The average Bonchev–Trinajstić information content (AvgIpc) is 3.08. The van der Waals surface area contributed by atoms with Gasteiger partial charge in [0.1, 0.15) is 17.8 Å². The number of carbonyl (C=O) groups is 1. The first-order chi connectivity index (χ1) is 12.1. The van der Waals surface area contributed by atoms with Gasteiger partial charge in [0, 0.05) is 28.6 Å². The normalized spacial score (nSPS) is 10.6. The summed E-state index contributed by atoms with van der Waals surface area (Å²) < 4.78 is 19.0. The Balaban J connectivity index is 1.57. The maximum atomic E-state index is 13.0. The number of nitrogens with one attached hydrogen (secondary N) is 1. The van der Waals surface area contributed by atoms with Gasteiger partial charge in [-0.2, -0.15) is 0 Å². The second kappa shape index (κ2) is 8.07. The molecule has 0 aliphatic heterocycles. The van der Waals surface area contributed by atoms with Crippen LogP contribution in [-0.2, 0) is 17.8 Å². The molecule has 1 aromatic heterocycles. The quantitative estimate of drug-likeness (QED) is 0.660. The van der Waals surface area contributed by atoms with Gasteiger partial charge < -0.3 is 9.84 Å². The fourth-order valence-corrected chi connectivity index (χ4v) is 2.88. The first-order valence-corrected chi connectivity index (χ1v) is 8.62. The van der Waals surface area contributed by atoms with Gasteiger partial charge >= 0.3 is 0 Å². The van der Waals surface area contributed by atoms with Crippen molar-refractivity contribution in [3.8, 4) is 11.3 Å². The lowest BCUT2D eigenvalue weighted by atomic mass is 10.0. The molecule has 0 fully saturated rings. The molecule has 0 aliphatic carbocycles. The van der Waals surface area contributed by atoms with Crippen molar-refractivity contribution in [2.45, 2.75) is 19.4 Å². The molecule has 3 rings (SSSR count). The van der Waals surface area contributed by atoms with E-state index in [0.29, 0.717) is 25.1 Å². The van der Waals surface area contributed by atoms with E-state index in [4.69, 9.17) is 4.52 Å². The maximum absolute atomic E-state index is 13.0. The number of carbonyl (C=O) groups excluding carboxylic acids is 1. The summed E-state index contributed by atoms with van der Waals surface area (Å²) in [5.41, 5.74) is 3.24. The third-order valence-electron chi connectivity index (χ3n) is 3.82. The zero-order valence-electron chi connectivity index (χ0n) is 13.3. The highest BCUT2D eigenvalue weighted by Crippen LogP contribution is 2.23. The van der Waals surface area contributed by atoms with Crippen LogP contribution in [0.2, 0.25) is 0 Å². The number of rotatable bonds is 6. The Morgan fingerprint density at radius 2 is 1.88 bits per heavy atom. The van der Waals surface area contributed by atoms with Crippen LogP contribution in [0.1, 0.15) is 17.5 Å². The summed E-state index contributed by atoms with van der Waals surface area (Å²) in [7, 11) is 0. The molecule has 0 bridgehead atoms. The fraction of sp³-hybridized carbons (Fsp3) is 0.158. The highest BCUT2D eigenvalue weighted by Gasteiger charge is 2.12. The SMILES string of the molecule is O=C(CCc1conc1-c1ccc(F)cc1)NCc1ccccc1Br. The number of hydrogen-bond acceptors (Lipinski definition) is 3. The van der Waals surface area contributed by atoms with Crippen molar-refractivity contribution in [1.29, 1.82) is 0 Å². The lowest BCUT2D eigenvalue weighted by molar-refractivity contribution is -0.121. The average molecular weight is 403 g/mol. The molecule has 0 saturated heterocycles. The van der Waals surface area contributed by atoms with Crippen LogP contribution in [-0.4, -0.2) is 11.1 Å². The van der Waals surface area contributed by atoms with Gasteiger partial charge in [0.25, 0.3) is 0 Å². The standard InChI is InChI=1S/C19H16BrFN2O2/c20-17-4-2-1-3-14(17)11-22-18(24)10-7-15-12-25-23-19(15)13-5-8-16(21)9-6-13/h1-6,8-9,12H,7,10-11H2,(H,22,24). The second-order valence-corrected chi connectivity index (χ2v) is 6.42. The minimum absolute atomic E-state index is 0.0537. The molecule has 0 spiro atoms. The molecule has 0 radical (unpaired) electrons. The van der Waals surface area contributed by atoms with Gasteiger partial charge in [0.05, 0.1) is 0 Å². The van der Waals surface area contributed by atoms with Crippen molar-refractivity contribution in [2.75, 3.05) is 0 Å². The largest absolute Gasteiger partial charge is 0.364 e. The van der Waals surface area contributed by atoms with Crippen molar-refractivity contribution in [3.63, 3.8) is 0 Å². The Labute approximate surface area is 153 Å². The van der Waals surface area contributed by atoms with E-state index in [1.807, 2.05) is 24.3 Å². The van der Waals surface area contributed by atoms with Crippen LogP contribution in [0, 0.1) is 5.82 Å². The summed E-state index contributed by atoms with van der Waals surface area (Å²) in [6.45, 7) is 0.467. The molecule has 4 nitrogen and oxygen atoms in total. The van der Waals surface area contributed by atoms with Crippen LogP contribution in [0.5, 0.6) is 0 Å². The van der Waals surface area contributed by atoms with Gasteiger partial charge in [-0.15, -0.1) is 0 Å². The number of amides is 1. The predicted octanol–water partition coefficient (Wildman–Crippen LogP) is 4.49. The molecule has 0 unspecified atom stereocenters. The fourth-order valence-electron chi connectivity index (χ4n) is 2.45. The Morgan fingerprint density at radius 1 is 1.12 bits per heavy atom. The van der Waals surface area contributed by atoms with Crippen LogP contribution in [0.15, 0.2) is 63.8 Å².